The van der Waals surface area contributed by atoms with Crippen molar-refractivity contribution in [2.45, 2.75) is 27.2 Å². The van der Waals surface area contributed by atoms with Gasteiger partial charge in [0.15, 0.2) is 5.78 Å². The zero-order chi connectivity index (χ0) is 18.8. The third-order valence-corrected chi connectivity index (χ3v) is 4.73. The van der Waals surface area contributed by atoms with Gasteiger partial charge >= 0.3 is 0 Å². The Labute approximate surface area is 153 Å². The predicted molar refractivity (Wildman–Crippen MR) is 101 cm³/mol. The van der Waals surface area contributed by atoms with Crippen molar-refractivity contribution in [3.63, 3.8) is 0 Å². The van der Waals surface area contributed by atoms with Crippen molar-refractivity contribution in [2.75, 3.05) is 16.8 Å². The van der Waals surface area contributed by atoms with Gasteiger partial charge in [0.25, 0.3) is 0 Å². The van der Waals surface area contributed by atoms with Crippen molar-refractivity contribution in [1.82, 2.24) is 0 Å². The Morgan fingerprint density at radius 1 is 1.08 bits per heavy atom. The van der Waals surface area contributed by atoms with E-state index in [2.05, 4.69) is 5.32 Å². The molecule has 1 heterocycles. The minimum Gasteiger partial charge on any atom is -0.326 e. The Bertz CT molecular complexity index is 871. The second-order valence-electron chi connectivity index (χ2n) is 6.82. The second kappa shape index (κ2) is 7.12. The van der Waals surface area contributed by atoms with Crippen LogP contribution in [-0.4, -0.2) is 24.1 Å². The number of amides is 2. The summed E-state index contributed by atoms with van der Waals surface area (Å²) >= 11 is 0. The Morgan fingerprint density at radius 2 is 1.77 bits per heavy atom. The van der Waals surface area contributed by atoms with Crippen molar-refractivity contribution in [3.05, 3.63) is 59.2 Å². The van der Waals surface area contributed by atoms with Crippen molar-refractivity contribution in [2.24, 2.45) is 5.92 Å². The van der Waals surface area contributed by atoms with Crippen LogP contribution in [0.25, 0.3) is 0 Å². The van der Waals surface area contributed by atoms with Crippen molar-refractivity contribution >= 4 is 29.0 Å². The van der Waals surface area contributed by atoms with E-state index < -0.39 is 5.92 Å². The lowest BCUT2D eigenvalue weighted by Gasteiger charge is -2.17. The first-order chi connectivity index (χ1) is 12.3. The monoisotopic (exact) mass is 350 g/mol. The molecule has 5 nitrogen and oxygen atoms in total. The fourth-order valence-electron chi connectivity index (χ4n) is 3.11. The highest BCUT2D eigenvalue weighted by Crippen LogP contribution is 2.27. The Balaban J connectivity index is 1.71. The summed E-state index contributed by atoms with van der Waals surface area (Å²) in [6, 6.07) is 12.8. The number of aryl methyl sites for hydroxylation is 2. The van der Waals surface area contributed by atoms with E-state index in [1.165, 1.54) is 6.92 Å². The van der Waals surface area contributed by atoms with Crippen LogP contribution in [0.5, 0.6) is 0 Å². The van der Waals surface area contributed by atoms with E-state index >= 15 is 0 Å². The number of ketones is 1. The Kier molecular flexibility index (Phi) is 4.89. The SMILES string of the molecule is CC(=O)c1ccc(N2CC(C(=O)Nc3cc(C)ccc3C)CC2=O)cc1. The molecule has 1 fully saturated rings. The second-order valence-corrected chi connectivity index (χ2v) is 6.82. The molecule has 0 aliphatic carbocycles. The number of Topliss-reactive ketones (excluding diaryl/α,β-unsaturated/α-hetero) is 1. The highest BCUT2D eigenvalue weighted by molar-refractivity contribution is 6.04. The smallest absolute Gasteiger partial charge is 0.229 e. The molecule has 26 heavy (non-hydrogen) atoms. The van der Waals surface area contributed by atoms with Crippen LogP contribution in [0, 0.1) is 19.8 Å². The summed E-state index contributed by atoms with van der Waals surface area (Å²) in [6.07, 6.45) is 0.186. The molecule has 2 aromatic rings. The van der Waals surface area contributed by atoms with E-state index in [-0.39, 0.29) is 24.0 Å². The molecule has 0 bridgehead atoms. The lowest BCUT2D eigenvalue weighted by Crippen LogP contribution is -2.28. The van der Waals surface area contributed by atoms with Gasteiger partial charge in [-0.25, -0.2) is 0 Å². The molecule has 3 rings (SSSR count). The van der Waals surface area contributed by atoms with Gasteiger partial charge in [0.2, 0.25) is 11.8 Å². The first-order valence-corrected chi connectivity index (χ1v) is 8.64. The summed E-state index contributed by atoms with van der Waals surface area (Å²) in [5.74, 6) is -0.637. The van der Waals surface area contributed by atoms with Gasteiger partial charge in [-0.3, -0.25) is 14.4 Å². The average Bonchev–Trinajstić information content (AvgIpc) is 3.00. The molecule has 1 saturated heterocycles. The number of hydrogen-bond acceptors (Lipinski definition) is 3. The van der Waals surface area contributed by atoms with E-state index in [0.29, 0.717) is 17.8 Å². The largest absolute Gasteiger partial charge is 0.326 e. The fourth-order valence-corrected chi connectivity index (χ4v) is 3.11. The molecule has 1 aliphatic heterocycles. The third-order valence-electron chi connectivity index (χ3n) is 4.73. The van der Waals surface area contributed by atoms with Crippen LogP contribution in [-0.2, 0) is 9.59 Å². The summed E-state index contributed by atoms with van der Waals surface area (Å²) in [5.41, 5.74) is 4.16. The van der Waals surface area contributed by atoms with Crippen LogP contribution in [0.1, 0.15) is 34.8 Å². The maximum atomic E-state index is 12.6. The topological polar surface area (TPSA) is 66.5 Å². The van der Waals surface area contributed by atoms with Crippen LogP contribution in [0.15, 0.2) is 42.5 Å². The fraction of sp³-hybridized carbons (Fsp3) is 0.286. The molecule has 1 atom stereocenters. The maximum absolute atomic E-state index is 12.6. The molecule has 0 aromatic heterocycles. The van der Waals surface area contributed by atoms with Gasteiger partial charge in [-0.05, 0) is 62.2 Å². The first-order valence-electron chi connectivity index (χ1n) is 8.64. The van der Waals surface area contributed by atoms with Gasteiger partial charge in [0.05, 0.1) is 5.92 Å². The summed E-state index contributed by atoms with van der Waals surface area (Å²) in [6.45, 7) is 5.76. The van der Waals surface area contributed by atoms with Crippen LogP contribution < -0.4 is 10.2 Å². The average molecular weight is 350 g/mol. The number of rotatable bonds is 4. The molecule has 2 aromatic carbocycles. The number of benzene rings is 2. The Morgan fingerprint density at radius 3 is 2.42 bits per heavy atom. The van der Waals surface area contributed by atoms with Crippen LogP contribution in [0.2, 0.25) is 0 Å². The Hall–Kier alpha value is -2.95. The molecule has 1 N–H and O–H groups in total. The lowest BCUT2D eigenvalue weighted by molar-refractivity contribution is -0.122. The van der Waals surface area contributed by atoms with E-state index in [1.54, 1.807) is 29.2 Å². The van der Waals surface area contributed by atoms with Gasteiger partial charge in [-0.15, -0.1) is 0 Å². The standard InChI is InChI=1S/C21H22N2O3/c1-13-4-5-14(2)19(10-13)22-21(26)17-11-20(25)23(12-17)18-8-6-16(7-9-18)15(3)24/h4-10,17H,11-12H2,1-3H3,(H,22,26). The number of carbonyl (C=O) groups is 3. The minimum atomic E-state index is -0.394. The molecule has 1 aliphatic rings. The third kappa shape index (κ3) is 3.67. The first kappa shape index (κ1) is 17.9. The van der Waals surface area contributed by atoms with Crippen LogP contribution in [0.4, 0.5) is 11.4 Å². The number of anilines is 2. The summed E-state index contributed by atoms with van der Waals surface area (Å²) in [5, 5.41) is 2.95. The number of carbonyl (C=O) groups excluding carboxylic acids is 3. The number of hydrogen-bond donors (Lipinski definition) is 1. The summed E-state index contributed by atoms with van der Waals surface area (Å²) in [4.78, 5) is 38.0. The number of nitrogens with zero attached hydrogens (tertiary/aromatic N) is 1. The van der Waals surface area contributed by atoms with Gasteiger partial charge < -0.3 is 10.2 Å². The molecule has 5 heteroatoms. The van der Waals surface area contributed by atoms with Gasteiger partial charge in [0, 0.05) is 29.9 Å². The van der Waals surface area contributed by atoms with E-state index in [4.69, 9.17) is 0 Å². The van der Waals surface area contributed by atoms with E-state index in [0.717, 1.165) is 16.8 Å². The zero-order valence-corrected chi connectivity index (χ0v) is 15.2. The van der Waals surface area contributed by atoms with Crippen molar-refractivity contribution < 1.29 is 14.4 Å². The quantitative estimate of drug-likeness (QED) is 0.858. The number of nitrogens with one attached hydrogen (secondary N) is 1. The van der Waals surface area contributed by atoms with E-state index in [9.17, 15) is 14.4 Å². The normalized spacial score (nSPS) is 16.7. The molecule has 0 spiro atoms. The van der Waals surface area contributed by atoms with Crippen LogP contribution >= 0.6 is 0 Å². The highest BCUT2D eigenvalue weighted by atomic mass is 16.2. The lowest BCUT2D eigenvalue weighted by atomic mass is 10.1. The van der Waals surface area contributed by atoms with Gasteiger partial charge in [0.1, 0.15) is 0 Å². The van der Waals surface area contributed by atoms with Gasteiger partial charge in [-0.2, -0.15) is 0 Å². The van der Waals surface area contributed by atoms with Gasteiger partial charge in [-0.1, -0.05) is 12.1 Å². The summed E-state index contributed by atoms with van der Waals surface area (Å²) < 4.78 is 0. The van der Waals surface area contributed by atoms with Crippen molar-refractivity contribution in [1.29, 1.82) is 0 Å². The van der Waals surface area contributed by atoms with Crippen LogP contribution in [0.3, 0.4) is 0 Å². The zero-order valence-electron chi connectivity index (χ0n) is 15.2. The van der Waals surface area contributed by atoms with Crippen molar-refractivity contribution in [3.8, 4) is 0 Å². The van der Waals surface area contributed by atoms with E-state index in [1.807, 2.05) is 32.0 Å². The molecule has 2 amide bonds. The molecular weight excluding hydrogens is 328 g/mol. The molecule has 1 unspecified atom stereocenters. The predicted octanol–water partition coefficient (Wildman–Crippen LogP) is 3.50. The molecule has 0 radical (unpaired) electrons. The molecule has 0 saturated carbocycles. The minimum absolute atomic E-state index is 0.0184. The molecule has 134 valence electrons. The summed E-state index contributed by atoms with van der Waals surface area (Å²) in [7, 11) is 0. The highest BCUT2D eigenvalue weighted by Gasteiger charge is 2.35. The molecular formula is C21H22N2O3. The maximum Gasteiger partial charge on any atom is 0.229 e.